The van der Waals surface area contributed by atoms with E-state index in [1.54, 1.807) is 14.0 Å². The Morgan fingerprint density at radius 1 is 1.46 bits per heavy atom. The van der Waals surface area contributed by atoms with Crippen molar-refractivity contribution in [2.45, 2.75) is 26.4 Å². The molecule has 1 aromatic carbocycles. The Bertz CT molecular complexity index is 279. The van der Waals surface area contributed by atoms with Crippen molar-refractivity contribution < 1.29 is 9.84 Å². The van der Waals surface area contributed by atoms with Crippen LogP contribution in [-0.4, -0.2) is 18.3 Å². The molecule has 0 saturated heterocycles. The molecular formula is C11H16O2. The van der Waals surface area contributed by atoms with E-state index in [9.17, 15) is 5.11 Å². The smallest absolute Gasteiger partial charge is 0.122 e. The fourth-order valence-corrected chi connectivity index (χ4v) is 1.42. The number of benzene rings is 1. The van der Waals surface area contributed by atoms with Gasteiger partial charge in [0.2, 0.25) is 0 Å². The van der Waals surface area contributed by atoms with Crippen molar-refractivity contribution in [3.05, 3.63) is 29.3 Å². The minimum absolute atomic E-state index is 0.300. The van der Waals surface area contributed by atoms with Gasteiger partial charge in [-0.05, 0) is 37.5 Å². The standard InChI is InChI=1S/C11H16O2/c1-8(12)7-10-5-4-6-11(13-3)9(10)2/h4-6,8,12H,7H2,1-3H3. The highest BCUT2D eigenvalue weighted by atomic mass is 16.5. The van der Waals surface area contributed by atoms with Crippen LogP contribution in [0.15, 0.2) is 18.2 Å². The third kappa shape index (κ3) is 2.46. The highest BCUT2D eigenvalue weighted by Gasteiger charge is 2.05. The van der Waals surface area contributed by atoms with E-state index in [0.29, 0.717) is 6.42 Å². The van der Waals surface area contributed by atoms with Crippen LogP contribution in [0, 0.1) is 6.92 Å². The molecule has 1 rings (SSSR count). The van der Waals surface area contributed by atoms with Gasteiger partial charge in [0.05, 0.1) is 13.2 Å². The average molecular weight is 180 g/mol. The molecule has 0 aliphatic heterocycles. The van der Waals surface area contributed by atoms with Gasteiger partial charge in [0.15, 0.2) is 0 Å². The van der Waals surface area contributed by atoms with Gasteiger partial charge < -0.3 is 9.84 Å². The fraction of sp³-hybridized carbons (Fsp3) is 0.455. The SMILES string of the molecule is COc1cccc(CC(C)O)c1C. The van der Waals surface area contributed by atoms with E-state index in [2.05, 4.69) is 0 Å². The summed E-state index contributed by atoms with van der Waals surface area (Å²) in [6.45, 7) is 3.80. The van der Waals surface area contributed by atoms with Crippen molar-refractivity contribution in [1.82, 2.24) is 0 Å². The molecule has 72 valence electrons. The van der Waals surface area contributed by atoms with Crippen LogP contribution < -0.4 is 4.74 Å². The van der Waals surface area contributed by atoms with Gasteiger partial charge in [-0.15, -0.1) is 0 Å². The summed E-state index contributed by atoms with van der Waals surface area (Å²) in [7, 11) is 1.66. The molecule has 0 aromatic heterocycles. The molecule has 1 atom stereocenters. The Labute approximate surface area is 79.2 Å². The molecule has 0 fully saturated rings. The molecule has 0 aliphatic rings. The maximum atomic E-state index is 9.25. The third-order valence-electron chi connectivity index (χ3n) is 2.13. The lowest BCUT2D eigenvalue weighted by atomic mass is 10.0. The van der Waals surface area contributed by atoms with Crippen LogP contribution in [-0.2, 0) is 6.42 Å². The Balaban J connectivity index is 2.94. The maximum absolute atomic E-state index is 9.25. The Morgan fingerprint density at radius 2 is 2.15 bits per heavy atom. The normalized spacial score (nSPS) is 12.6. The van der Waals surface area contributed by atoms with E-state index in [4.69, 9.17) is 4.74 Å². The topological polar surface area (TPSA) is 29.5 Å². The van der Waals surface area contributed by atoms with Gasteiger partial charge in [0.25, 0.3) is 0 Å². The summed E-state index contributed by atoms with van der Waals surface area (Å²) in [5.41, 5.74) is 2.26. The molecule has 1 N–H and O–H groups in total. The van der Waals surface area contributed by atoms with Crippen LogP contribution in [0.5, 0.6) is 5.75 Å². The molecular weight excluding hydrogens is 164 g/mol. The Hall–Kier alpha value is -1.02. The summed E-state index contributed by atoms with van der Waals surface area (Å²) < 4.78 is 5.19. The van der Waals surface area contributed by atoms with Gasteiger partial charge in [0, 0.05) is 0 Å². The monoisotopic (exact) mass is 180 g/mol. The zero-order valence-electron chi connectivity index (χ0n) is 8.37. The van der Waals surface area contributed by atoms with E-state index in [1.807, 2.05) is 25.1 Å². The summed E-state index contributed by atoms with van der Waals surface area (Å²) in [5, 5.41) is 9.25. The van der Waals surface area contributed by atoms with Gasteiger partial charge >= 0.3 is 0 Å². The first kappa shape index (κ1) is 10.1. The summed E-state index contributed by atoms with van der Waals surface area (Å²) >= 11 is 0. The lowest BCUT2D eigenvalue weighted by Crippen LogP contribution is -2.06. The van der Waals surface area contributed by atoms with Crippen LogP contribution in [0.1, 0.15) is 18.1 Å². The number of aliphatic hydroxyl groups is 1. The number of hydrogen-bond acceptors (Lipinski definition) is 2. The maximum Gasteiger partial charge on any atom is 0.122 e. The van der Waals surface area contributed by atoms with E-state index >= 15 is 0 Å². The zero-order chi connectivity index (χ0) is 9.84. The second-order valence-electron chi connectivity index (χ2n) is 3.30. The lowest BCUT2D eigenvalue weighted by Gasteiger charge is -2.11. The predicted molar refractivity (Wildman–Crippen MR) is 53.1 cm³/mol. The summed E-state index contributed by atoms with van der Waals surface area (Å²) in [5.74, 6) is 0.887. The molecule has 0 aliphatic carbocycles. The molecule has 0 spiro atoms. The van der Waals surface area contributed by atoms with E-state index in [1.165, 1.54) is 0 Å². The predicted octanol–water partition coefficient (Wildman–Crippen LogP) is 1.93. The molecule has 0 heterocycles. The van der Waals surface area contributed by atoms with Gasteiger partial charge in [-0.3, -0.25) is 0 Å². The van der Waals surface area contributed by atoms with Gasteiger partial charge in [-0.25, -0.2) is 0 Å². The van der Waals surface area contributed by atoms with E-state index < -0.39 is 0 Å². The Morgan fingerprint density at radius 3 is 2.69 bits per heavy atom. The first-order valence-electron chi connectivity index (χ1n) is 4.45. The minimum Gasteiger partial charge on any atom is -0.496 e. The van der Waals surface area contributed by atoms with Crippen molar-refractivity contribution in [2.24, 2.45) is 0 Å². The second kappa shape index (κ2) is 4.28. The van der Waals surface area contributed by atoms with Gasteiger partial charge in [0.1, 0.15) is 5.75 Å². The molecule has 0 bridgehead atoms. The lowest BCUT2D eigenvalue weighted by molar-refractivity contribution is 0.195. The number of rotatable bonds is 3. The molecule has 2 heteroatoms. The second-order valence-corrected chi connectivity index (χ2v) is 3.30. The van der Waals surface area contributed by atoms with Gasteiger partial charge in [-0.2, -0.15) is 0 Å². The largest absolute Gasteiger partial charge is 0.496 e. The van der Waals surface area contributed by atoms with E-state index in [-0.39, 0.29) is 6.10 Å². The molecule has 13 heavy (non-hydrogen) atoms. The summed E-state index contributed by atoms with van der Waals surface area (Å²) in [4.78, 5) is 0. The van der Waals surface area contributed by atoms with Crippen molar-refractivity contribution >= 4 is 0 Å². The fourth-order valence-electron chi connectivity index (χ4n) is 1.42. The summed E-state index contributed by atoms with van der Waals surface area (Å²) in [6.07, 6.45) is 0.383. The van der Waals surface area contributed by atoms with E-state index in [0.717, 1.165) is 16.9 Å². The number of aliphatic hydroxyl groups excluding tert-OH is 1. The highest BCUT2D eigenvalue weighted by molar-refractivity contribution is 5.39. The molecule has 0 amide bonds. The zero-order valence-corrected chi connectivity index (χ0v) is 8.37. The molecule has 2 nitrogen and oxygen atoms in total. The number of ether oxygens (including phenoxy) is 1. The van der Waals surface area contributed by atoms with Crippen molar-refractivity contribution in [2.75, 3.05) is 7.11 Å². The third-order valence-corrected chi connectivity index (χ3v) is 2.13. The van der Waals surface area contributed by atoms with Crippen LogP contribution >= 0.6 is 0 Å². The van der Waals surface area contributed by atoms with Crippen molar-refractivity contribution in [1.29, 1.82) is 0 Å². The average Bonchev–Trinajstić information content (AvgIpc) is 2.08. The van der Waals surface area contributed by atoms with Crippen molar-refractivity contribution in [3.8, 4) is 5.75 Å². The van der Waals surface area contributed by atoms with Gasteiger partial charge in [-0.1, -0.05) is 12.1 Å². The first-order valence-corrected chi connectivity index (χ1v) is 4.45. The number of hydrogen-bond donors (Lipinski definition) is 1. The van der Waals surface area contributed by atoms with Crippen LogP contribution in [0.2, 0.25) is 0 Å². The molecule has 1 unspecified atom stereocenters. The molecule has 0 saturated carbocycles. The Kier molecular flexibility index (Phi) is 3.32. The number of methoxy groups -OCH3 is 1. The van der Waals surface area contributed by atoms with Crippen LogP contribution in [0.4, 0.5) is 0 Å². The minimum atomic E-state index is -0.300. The molecule has 0 radical (unpaired) electrons. The van der Waals surface area contributed by atoms with Crippen LogP contribution in [0.3, 0.4) is 0 Å². The van der Waals surface area contributed by atoms with Crippen LogP contribution in [0.25, 0.3) is 0 Å². The highest BCUT2D eigenvalue weighted by Crippen LogP contribution is 2.21. The van der Waals surface area contributed by atoms with Crippen molar-refractivity contribution in [3.63, 3.8) is 0 Å². The quantitative estimate of drug-likeness (QED) is 0.770. The summed E-state index contributed by atoms with van der Waals surface area (Å²) in [6, 6.07) is 5.90. The molecule has 1 aromatic rings. The first-order chi connectivity index (χ1) is 6.15.